The summed E-state index contributed by atoms with van der Waals surface area (Å²) in [6.07, 6.45) is -5.03. The molecule has 0 saturated carbocycles. The minimum absolute atomic E-state index is 0.0290. The molecule has 0 spiro atoms. The molecular weight excluding hydrogens is 251 g/mol. The molecule has 1 aromatic carbocycles. The minimum atomic E-state index is -4.48. The van der Waals surface area contributed by atoms with Crippen LogP contribution >= 0.6 is 0 Å². The first-order valence-corrected chi connectivity index (χ1v) is 4.87. The summed E-state index contributed by atoms with van der Waals surface area (Å²) in [5.74, 6) is -1.50. The van der Waals surface area contributed by atoms with Crippen LogP contribution in [0.15, 0.2) is 24.3 Å². The van der Waals surface area contributed by atoms with E-state index in [1.54, 1.807) is 0 Å². The van der Waals surface area contributed by atoms with E-state index in [0.717, 1.165) is 25.3 Å². The van der Waals surface area contributed by atoms with Crippen molar-refractivity contribution in [2.24, 2.45) is 0 Å². The minimum Gasteiger partial charge on any atom is -0.469 e. The number of carbonyl (C=O) groups excluding carboxylic acids is 2. The maximum atomic E-state index is 12.4. The predicted octanol–water partition coefficient (Wildman–Crippen LogP) is 2.21. The first-order chi connectivity index (χ1) is 8.32. The lowest BCUT2D eigenvalue weighted by Gasteiger charge is -2.09. The highest BCUT2D eigenvalue weighted by Gasteiger charge is 2.30. The van der Waals surface area contributed by atoms with Crippen molar-refractivity contribution >= 4 is 17.6 Å². The highest BCUT2D eigenvalue weighted by molar-refractivity contribution is 6.01. The second kappa shape index (κ2) is 5.52. The molecule has 18 heavy (non-hydrogen) atoms. The smallest absolute Gasteiger partial charge is 0.416 e. The third-order valence-electron chi connectivity index (χ3n) is 2.01. The molecule has 0 radical (unpaired) electrons. The molecule has 0 bridgehead atoms. The number of nitrogens with one attached hydrogen (secondary N) is 1. The molecule has 98 valence electrons. The number of carbonyl (C=O) groups is 2. The molecule has 1 aromatic rings. The molecule has 1 N–H and O–H groups in total. The first kappa shape index (κ1) is 14.0. The number of alkyl halides is 3. The van der Waals surface area contributed by atoms with Gasteiger partial charge >= 0.3 is 12.1 Å². The Bertz CT molecular complexity index is 457. The van der Waals surface area contributed by atoms with Crippen molar-refractivity contribution in [3.05, 3.63) is 29.8 Å². The molecule has 0 heterocycles. The lowest BCUT2D eigenvalue weighted by Crippen LogP contribution is -2.17. The topological polar surface area (TPSA) is 55.4 Å². The number of anilines is 1. The highest BCUT2D eigenvalue weighted by Crippen LogP contribution is 2.30. The summed E-state index contributed by atoms with van der Waals surface area (Å²) in [5, 5.41) is 2.18. The van der Waals surface area contributed by atoms with Crippen LogP contribution in [0.1, 0.15) is 12.0 Å². The van der Waals surface area contributed by atoms with Crippen LogP contribution in [-0.4, -0.2) is 19.0 Å². The fourth-order valence-corrected chi connectivity index (χ4v) is 1.18. The van der Waals surface area contributed by atoms with E-state index in [2.05, 4.69) is 10.1 Å². The van der Waals surface area contributed by atoms with Crippen molar-refractivity contribution < 1.29 is 27.5 Å². The van der Waals surface area contributed by atoms with Gasteiger partial charge in [0, 0.05) is 5.69 Å². The Morgan fingerprint density at radius 1 is 1.33 bits per heavy atom. The van der Waals surface area contributed by atoms with Gasteiger partial charge in [-0.1, -0.05) is 6.07 Å². The molecule has 0 atom stereocenters. The number of halogens is 3. The van der Waals surface area contributed by atoms with E-state index in [0.29, 0.717) is 0 Å². The summed E-state index contributed by atoms with van der Waals surface area (Å²) >= 11 is 0. The van der Waals surface area contributed by atoms with Crippen LogP contribution in [0, 0.1) is 0 Å². The van der Waals surface area contributed by atoms with Crippen LogP contribution in [-0.2, 0) is 20.5 Å². The van der Waals surface area contributed by atoms with Gasteiger partial charge in [-0.2, -0.15) is 13.2 Å². The Morgan fingerprint density at radius 2 is 2.00 bits per heavy atom. The van der Waals surface area contributed by atoms with Gasteiger partial charge in [0.15, 0.2) is 0 Å². The number of hydrogen-bond donors (Lipinski definition) is 1. The molecule has 0 aliphatic heterocycles. The van der Waals surface area contributed by atoms with Gasteiger partial charge in [-0.05, 0) is 18.2 Å². The van der Waals surface area contributed by atoms with E-state index in [1.807, 2.05) is 0 Å². The van der Waals surface area contributed by atoms with Gasteiger partial charge in [-0.25, -0.2) is 0 Å². The van der Waals surface area contributed by atoms with E-state index in [1.165, 1.54) is 6.07 Å². The summed E-state index contributed by atoms with van der Waals surface area (Å²) in [6, 6.07) is 4.13. The summed E-state index contributed by atoms with van der Waals surface area (Å²) in [7, 11) is 1.11. The van der Waals surface area contributed by atoms with Crippen molar-refractivity contribution in [2.45, 2.75) is 12.6 Å². The molecule has 0 fully saturated rings. The molecule has 0 saturated heterocycles. The lowest BCUT2D eigenvalue weighted by molar-refractivity contribution is -0.143. The van der Waals surface area contributed by atoms with Gasteiger partial charge in [-0.3, -0.25) is 9.59 Å². The highest BCUT2D eigenvalue weighted by atomic mass is 19.4. The van der Waals surface area contributed by atoms with Crippen LogP contribution < -0.4 is 5.32 Å². The van der Waals surface area contributed by atoms with Gasteiger partial charge in [0.1, 0.15) is 6.42 Å². The van der Waals surface area contributed by atoms with Gasteiger partial charge in [0.25, 0.3) is 0 Å². The molecule has 4 nitrogen and oxygen atoms in total. The fraction of sp³-hybridized carbons (Fsp3) is 0.273. The fourth-order valence-electron chi connectivity index (χ4n) is 1.18. The zero-order valence-electron chi connectivity index (χ0n) is 9.38. The molecule has 7 heteroatoms. The van der Waals surface area contributed by atoms with Crippen molar-refractivity contribution in [1.29, 1.82) is 0 Å². The van der Waals surface area contributed by atoms with Crippen LogP contribution in [0.3, 0.4) is 0 Å². The third kappa shape index (κ3) is 4.08. The average molecular weight is 261 g/mol. The number of benzene rings is 1. The largest absolute Gasteiger partial charge is 0.469 e. The summed E-state index contributed by atoms with van der Waals surface area (Å²) in [4.78, 5) is 22.0. The van der Waals surface area contributed by atoms with E-state index in [4.69, 9.17) is 0 Å². The molecule has 0 aliphatic carbocycles. The van der Waals surface area contributed by atoms with Gasteiger partial charge < -0.3 is 10.1 Å². The molecular formula is C11H10F3NO3. The number of hydrogen-bond acceptors (Lipinski definition) is 3. The van der Waals surface area contributed by atoms with Crippen LogP contribution in [0.25, 0.3) is 0 Å². The van der Waals surface area contributed by atoms with E-state index < -0.39 is 30.0 Å². The van der Waals surface area contributed by atoms with Crippen molar-refractivity contribution in [1.82, 2.24) is 0 Å². The van der Waals surface area contributed by atoms with Crippen LogP contribution in [0.5, 0.6) is 0 Å². The Hall–Kier alpha value is -2.05. The Morgan fingerprint density at radius 3 is 2.56 bits per heavy atom. The van der Waals surface area contributed by atoms with E-state index >= 15 is 0 Å². The number of methoxy groups -OCH3 is 1. The maximum absolute atomic E-state index is 12.4. The monoisotopic (exact) mass is 261 g/mol. The molecule has 0 aliphatic rings. The van der Waals surface area contributed by atoms with E-state index in [9.17, 15) is 22.8 Å². The van der Waals surface area contributed by atoms with Gasteiger partial charge in [0.2, 0.25) is 5.91 Å². The van der Waals surface area contributed by atoms with Gasteiger partial charge in [0.05, 0.1) is 12.7 Å². The Kier molecular flexibility index (Phi) is 4.30. The first-order valence-electron chi connectivity index (χ1n) is 4.87. The Labute approximate surface area is 101 Å². The Balaban J connectivity index is 2.74. The van der Waals surface area contributed by atoms with Crippen molar-refractivity contribution in [3.63, 3.8) is 0 Å². The molecule has 0 aromatic heterocycles. The number of rotatable bonds is 3. The summed E-state index contributed by atoms with van der Waals surface area (Å²) in [6.45, 7) is 0. The zero-order chi connectivity index (χ0) is 13.8. The SMILES string of the molecule is COC(=O)CC(=O)Nc1cccc(C(F)(F)F)c1. The van der Waals surface area contributed by atoms with Gasteiger partial charge in [-0.15, -0.1) is 0 Å². The normalized spacial score (nSPS) is 10.9. The standard InChI is InChI=1S/C11H10F3NO3/c1-18-10(17)6-9(16)15-8-4-2-3-7(5-8)11(12,13)14/h2-5H,6H2,1H3,(H,15,16). The van der Waals surface area contributed by atoms with Crippen molar-refractivity contribution in [2.75, 3.05) is 12.4 Å². The molecule has 1 amide bonds. The average Bonchev–Trinajstić information content (AvgIpc) is 2.27. The molecule has 0 unspecified atom stereocenters. The third-order valence-corrected chi connectivity index (χ3v) is 2.01. The lowest BCUT2D eigenvalue weighted by atomic mass is 10.2. The quantitative estimate of drug-likeness (QED) is 0.670. The summed E-state index contributed by atoms with van der Waals surface area (Å²) < 4.78 is 41.4. The van der Waals surface area contributed by atoms with E-state index in [-0.39, 0.29) is 5.69 Å². The molecule has 1 rings (SSSR count). The number of ether oxygens (including phenoxy) is 1. The second-order valence-corrected chi connectivity index (χ2v) is 3.38. The van der Waals surface area contributed by atoms with Crippen LogP contribution in [0.4, 0.5) is 18.9 Å². The summed E-state index contributed by atoms with van der Waals surface area (Å²) in [5.41, 5.74) is -0.905. The predicted molar refractivity (Wildman–Crippen MR) is 56.7 cm³/mol. The second-order valence-electron chi connectivity index (χ2n) is 3.38. The number of amides is 1. The zero-order valence-corrected chi connectivity index (χ0v) is 9.38. The van der Waals surface area contributed by atoms with Crippen LogP contribution in [0.2, 0.25) is 0 Å². The van der Waals surface area contributed by atoms with Crippen molar-refractivity contribution in [3.8, 4) is 0 Å². The maximum Gasteiger partial charge on any atom is 0.416 e. The number of esters is 1.